The predicted octanol–water partition coefficient (Wildman–Crippen LogP) is 2.26. The van der Waals surface area contributed by atoms with Crippen molar-refractivity contribution in [2.75, 3.05) is 26.1 Å². The number of ketones is 1. The van der Waals surface area contributed by atoms with E-state index in [0.29, 0.717) is 36.5 Å². The molecule has 1 aliphatic carbocycles. The van der Waals surface area contributed by atoms with Crippen molar-refractivity contribution in [3.8, 4) is 17.4 Å². The highest BCUT2D eigenvalue weighted by molar-refractivity contribution is 7.93. The summed E-state index contributed by atoms with van der Waals surface area (Å²) in [5.41, 5.74) is 0.212. The van der Waals surface area contributed by atoms with Gasteiger partial charge in [-0.2, -0.15) is 9.97 Å². The summed E-state index contributed by atoms with van der Waals surface area (Å²) >= 11 is 5.87. The molecular weight excluding hydrogens is 540 g/mol. The van der Waals surface area contributed by atoms with Gasteiger partial charge in [-0.3, -0.25) is 14.1 Å². The molecule has 0 aliphatic heterocycles. The zero-order valence-electron chi connectivity index (χ0n) is 21.2. The van der Waals surface area contributed by atoms with Gasteiger partial charge in [-0.15, -0.1) is 10.2 Å². The van der Waals surface area contributed by atoms with Gasteiger partial charge >= 0.3 is 0 Å². The van der Waals surface area contributed by atoms with Gasteiger partial charge in [0.2, 0.25) is 27.7 Å². The van der Waals surface area contributed by atoms with Gasteiger partial charge in [0.1, 0.15) is 29.3 Å². The number of carbonyl (C=O) groups is 1. The lowest BCUT2D eigenvalue weighted by molar-refractivity contribution is -0.120. The molecule has 14 nitrogen and oxygen atoms in total. The number of sulfonamides is 1. The number of rotatable bonds is 10. The first-order valence-electron chi connectivity index (χ1n) is 11.6. The fourth-order valence-corrected chi connectivity index (χ4v) is 5.47. The molecule has 0 aromatic carbocycles. The maximum Gasteiger partial charge on any atom is 0.245 e. The van der Waals surface area contributed by atoms with Crippen molar-refractivity contribution in [1.29, 1.82) is 0 Å². The summed E-state index contributed by atoms with van der Waals surface area (Å²) in [7, 11) is 0.0162. The van der Waals surface area contributed by atoms with Crippen LogP contribution < -0.4 is 14.2 Å². The summed E-state index contributed by atoms with van der Waals surface area (Å²) < 4.78 is 47.4. The minimum atomic E-state index is -4.17. The summed E-state index contributed by atoms with van der Waals surface area (Å²) in [5, 5.41) is 7.60. The van der Waals surface area contributed by atoms with Gasteiger partial charge in [0, 0.05) is 38.3 Å². The topological polar surface area (TPSA) is 173 Å². The molecule has 204 valence electrons. The van der Waals surface area contributed by atoms with E-state index >= 15 is 0 Å². The number of carbonyl (C=O) groups excluding carboxylic acids is 1. The van der Waals surface area contributed by atoms with Crippen molar-refractivity contribution in [3.63, 3.8) is 0 Å². The molecule has 0 radical (unpaired) electrons. The lowest BCUT2D eigenvalue weighted by Crippen LogP contribution is -2.33. The van der Waals surface area contributed by atoms with Gasteiger partial charge in [0.25, 0.3) is 0 Å². The minimum Gasteiger partial charge on any atom is -0.479 e. The third-order valence-electron chi connectivity index (χ3n) is 6.26. The number of ether oxygens (including phenoxy) is 3. The number of anilines is 1. The van der Waals surface area contributed by atoms with Gasteiger partial charge in [0.05, 0.1) is 19.2 Å². The Morgan fingerprint density at radius 2 is 1.63 bits per heavy atom. The second-order valence-electron chi connectivity index (χ2n) is 8.54. The fraction of sp³-hybridized carbons (Fsp3) is 0.500. The molecule has 1 saturated carbocycles. The quantitative estimate of drug-likeness (QED) is 0.379. The number of Topliss-reactive ketones (excluding diaryl/α,β-unsaturated/α-hetero) is 1. The highest BCUT2D eigenvalue weighted by atomic mass is 35.5. The van der Waals surface area contributed by atoms with Crippen LogP contribution in [0.4, 0.5) is 5.95 Å². The molecule has 3 aromatic rings. The van der Waals surface area contributed by atoms with Crippen LogP contribution in [0.1, 0.15) is 56.3 Å². The normalized spacial score (nSPS) is 16.2. The van der Waals surface area contributed by atoms with Crippen LogP contribution in [0, 0.1) is 0 Å². The Balaban J connectivity index is 1.78. The first kappa shape index (κ1) is 27.6. The maximum atomic E-state index is 13.6. The smallest absolute Gasteiger partial charge is 0.245 e. The van der Waals surface area contributed by atoms with Crippen LogP contribution >= 0.6 is 11.6 Å². The van der Waals surface area contributed by atoms with Crippen molar-refractivity contribution in [2.45, 2.75) is 49.9 Å². The van der Waals surface area contributed by atoms with Crippen molar-refractivity contribution in [1.82, 2.24) is 34.7 Å². The largest absolute Gasteiger partial charge is 0.479 e. The first-order valence-corrected chi connectivity index (χ1v) is 13.5. The van der Waals surface area contributed by atoms with Gasteiger partial charge in [-0.05, 0) is 19.8 Å². The number of aromatic nitrogens is 7. The lowest BCUT2D eigenvalue weighted by Gasteiger charge is -2.24. The zero-order valence-corrected chi connectivity index (χ0v) is 22.7. The number of halogens is 1. The van der Waals surface area contributed by atoms with Crippen LogP contribution in [0.2, 0.25) is 5.02 Å². The molecule has 2 atom stereocenters. The van der Waals surface area contributed by atoms with Crippen molar-refractivity contribution in [2.24, 2.45) is 0 Å². The zero-order chi connectivity index (χ0) is 27.4. The predicted molar refractivity (Wildman–Crippen MR) is 135 cm³/mol. The van der Waals surface area contributed by atoms with E-state index in [2.05, 4.69) is 34.9 Å². The fourth-order valence-electron chi connectivity index (χ4n) is 4.24. The summed E-state index contributed by atoms with van der Waals surface area (Å²) in [5.74, 6) is 0.629. The third-order valence-corrected chi connectivity index (χ3v) is 8.15. The SMILES string of the molecule is COc1ncnc(OC)c1-n1c(NS(=O)(=O)C(C)C(OC)c2ncc(Cl)cn2)nnc1C1CCC(=O)CC1. The maximum absolute atomic E-state index is 13.6. The second-order valence-corrected chi connectivity index (χ2v) is 11.0. The molecule has 1 aliphatic rings. The number of methoxy groups -OCH3 is 3. The first-order chi connectivity index (χ1) is 18.2. The van der Waals surface area contributed by atoms with E-state index in [9.17, 15) is 13.2 Å². The van der Waals surface area contributed by atoms with Crippen LogP contribution in [0.25, 0.3) is 5.69 Å². The van der Waals surface area contributed by atoms with E-state index in [1.165, 1.54) is 51.5 Å². The Kier molecular flexibility index (Phi) is 8.38. The Bertz CT molecular complexity index is 1370. The molecule has 2 unspecified atom stereocenters. The number of hydrogen-bond acceptors (Lipinski definition) is 12. The molecule has 0 spiro atoms. The molecule has 38 heavy (non-hydrogen) atoms. The number of hydrogen-bond donors (Lipinski definition) is 1. The van der Waals surface area contributed by atoms with E-state index in [-0.39, 0.29) is 40.9 Å². The summed E-state index contributed by atoms with van der Waals surface area (Å²) in [6.45, 7) is 1.45. The van der Waals surface area contributed by atoms with Gasteiger partial charge in [-0.25, -0.2) is 18.4 Å². The molecule has 0 bridgehead atoms. The summed E-state index contributed by atoms with van der Waals surface area (Å²) in [6, 6.07) is 0. The Morgan fingerprint density at radius 1 is 1.03 bits per heavy atom. The standard InChI is InChI=1S/C22H27ClN8O6S/c1-12(17(35-2)18-24-9-14(23)10-25-18)38(33,34)30-22-29-28-19(13-5-7-15(32)8-6-13)31(22)16-20(36-3)26-11-27-21(16)37-4/h9-13,17H,5-8H2,1-4H3,(H,29,30). The summed E-state index contributed by atoms with van der Waals surface area (Å²) in [4.78, 5) is 28.4. The van der Waals surface area contributed by atoms with Crippen LogP contribution in [-0.4, -0.2) is 75.5 Å². The molecule has 0 saturated heterocycles. The number of nitrogens with zero attached hydrogens (tertiary/aromatic N) is 7. The Hall–Kier alpha value is -3.43. The third kappa shape index (κ3) is 5.54. The van der Waals surface area contributed by atoms with E-state index in [1.807, 2.05) is 0 Å². The molecular formula is C22H27ClN8O6S. The van der Waals surface area contributed by atoms with Crippen molar-refractivity contribution < 1.29 is 27.4 Å². The van der Waals surface area contributed by atoms with E-state index in [4.69, 9.17) is 25.8 Å². The van der Waals surface area contributed by atoms with Crippen LogP contribution in [0.3, 0.4) is 0 Å². The average Bonchev–Trinajstić information content (AvgIpc) is 3.32. The van der Waals surface area contributed by atoms with Crippen LogP contribution in [0.15, 0.2) is 18.7 Å². The van der Waals surface area contributed by atoms with Crippen LogP contribution in [0.5, 0.6) is 11.8 Å². The Morgan fingerprint density at radius 3 is 2.18 bits per heavy atom. The van der Waals surface area contributed by atoms with Crippen LogP contribution in [-0.2, 0) is 19.6 Å². The molecule has 4 rings (SSSR count). The second kappa shape index (κ2) is 11.5. The molecule has 0 amide bonds. The van der Waals surface area contributed by atoms with Gasteiger partial charge in [0.15, 0.2) is 11.5 Å². The van der Waals surface area contributed by atoms with Crippen molar-refractivity contribution in [3.05, 3.63) is 35.4 Å². The molecule has 1 N–H and O–H groups in total. The minimum absolute atomic E-state index is 0.114. The number of nitrogens with one attached hydrogen (secondary N) is 1. The Labute approximate surface area is 224 Å². The van der Waals surface area contributed by atoms with E-state index in [1.54, 1.807) is 0 Å². The highest BCUT2D eigenvalue weighted by Crippen LogP contribution is 2.38. The molecule has 16 heteroatoms. The molecule has 1 fully saturated rings. The highest BCUT2D eigenvalue weighted by Gasteiger charge is 2.36. The molecule has 3 heterocycles. The average molecular weight is 567 g/mol. The lowest BCUT2D eigenvalue weighted by atomic mass is 9.88. The monoisotopic (exact) mass is 566 g/mol. The van der Waals surface area contributed by atoms with Crippen molar-refractivity contribution >= 4 is 33.4 Å². The van der Waals surface area contributed by atoms with E-state index in [0.717, 1.165) is 0 Å². The molecule has 3 aromatic heterocycles. The van der Waals surface area contributed by atoms with Gasteiger partial charge < -0.3 is 14.2 Å². The van der Waals surface area contributed by atoms with Gasteiger partial charge in [-0.1, -0.05) is 11.6 Å². The summed E-state index contributed by atoms with van der Waals surface area (Å²) in [6.07, 6.45) is 4.76. The van der Waals surface area contributed by atoms with E-state index < -0.39 is 21.4 Å².